The number of allylic oxidation sites excluding steroid dienone is 2. The van der Waals surface area contributed by atoms with E-state index in [9.17, 15) is 10.1 Å². The Bertz CT molecular complexity index is 911. The molecule has 2 aliphatic rings. The van der Waals surface area contributed by atoms with Gasteiger partial charge >= 0.3 is 0 Å². The van der Waals surface area contributed by atoms with E-state index in [4.69, 9.17) is 23.2 Å². The first-order valence-electron chi connectivity index (χ1n) is 8.13. The van der Waals surface area contributed by atoms with Crippen LogP contribution in [0.25, 0.3) is 0 Å². The largest absolute Gasteiger partial charge is 0.377 e. The van der Waals surface area contributed by atoms with Gasteiger partial charge in [0.15, 0.2) is 0 Å². The lowest BCUT2D eigenvalue weighted by Gasteiger charge is -2.38. The van der Waals surface area contributed by atoms with Gasteiger partial charge in [0.05, 0.1) is 11.0 Å². The molecule has 0 radical (unpaired) electrons. The summed E-state index contributed by atoms with van der Waals surface area (Å²) < 4.78 is 0. The molecule has 0 amide bonds. The number of nitro benzene ring substituents is 1. The van der Waals surface area contributed by atoms with Crippen LogP contribution >= 0.6 is 23.2 Å². The van der Waals surface area contributed by atoms with Crippen molar-refractivity contribution >= 4 is 34.6 Å². The molecular formula is C19H16Cl2N2O2. The minimum Gasteiger partial charge on any atom is -0.377 e. The predicted octanol–water partition coefficient (Wildman–Crippen LogP) is 6.04. The van der Waals surface area contributed by atoms with Gasteiger partial charge in [-0.1, -0.05) is 47.5 Å². The Balaban J connectivity index is 1.84. The number of fused-ring (bicyclic) bond motifs is 3. The molecule has 2 aromatic rings. The van der Waals surface area contributed by atoms with Crippen LogP contribution in [0.1, 0.15) is 35.1 Å². The topological polar surface area (TPSA) is 55.2 Å². The molecule has 0 saturated heterocycles. The highest BCUT2D eigenvalue weighted by Gasteiger charge is 2.40. The van der Waals surface area contributed by atoms with Gasteiger partial charge < -0.3 is 5.32 Å². The van der Waals surface area contributed by atoms with Crippen LogP contribution in [0.15, 0.2) is 42.5 Å². The van der Waals surface area contributed by atoms with Crippen molar-refractivity contribution in [2.75, 3.05) is 5.32 Å². The molecular weight excluding hydrogens is 359 g/mol. The van der Waals surface area contributed by atoms with E-state index < -0.39 is 4.92 Å². The van der Waals surface area contributed by atoms with E-state index in [-0.39, 0.29) is 28.6 Å². The smallest absolute Gasteiger partial charge is 0.288 e. The molecule has 0 unspecified atom stereocenters. The van der Waals surface area contributed by atoms with Crippen molar-refractivity contribution in [3.05, 3.63) is 79.3 Å². The van der Waals surface area contributed by atoms with Crippen molar-refractivity contribution in [1.29, 1.82) is 0 Å². The maximum absolute atomic E-state index is 11.3. The molecule has 1 aliphatic carbocycles. The van der Waals surface area contributed by atoms with Crippen molar-refractivity contribution in [3.8, 4) is 0 Å². The van der Waals surface area contributed by atoms with Gasteiger partial charge in [0.2, 0.25) is 0 Å². The van der Waals surface area contributed by atoms with E-state index in [1.807, 2.05) is 25.1 Å². The van der Waals surface area contributed by atoms with E-state index in [1.54, 1.807) is 12.1 Å². The Morgan fingerprint density at radius 3 is 2.72 bits per heavy atom. The lowest BCUT2D eigenvalue weighted by atomic mass is 9.76. The van der Waals surface area contributed by atoms with Gasteiger partial charge in [0, 0.05) is 28.3 Å². The van der Waals surface area contributed by atoms with Gasteiger partial charge in [-0.3, -0.25) is 10.1 Å². The van der Waals surface area contributed by atoms with Crippen LogP contribution in [0.4, 0.5) is 11.4 Å². The Morgan fingerprint density at radius 1 is 1.20 bits per heavy atom. The number of rotatable bonds is 2. The Kier molecular flexibility index (Phi) is 3.97. The minimum absolute atomic E-state index is 0.0272. The van der Waals surface area contributed by atoms with Gasteiger partial charge in [0.1, 0.15) is 5.02 Å². The van der Waals surface area contributed by atoms with Crippen molar-refractivity contribution in [2.45, 2.75) is 25.3 Å². The number of anilines is 1. The first-order valence-corrected chi connectivity index (χ1v) is 8.89. The highest BCUT2D eigenvalue weighted by molar-refractivity contribution is 6.32. The number of nitro groups is 1. The molecule has 1 aliphatic heterocycles. The van der Waals surface area contributed by atoms with E-state index >= 15 is 0 Å². The van der Waals surface area contributed by atoms with E-state index in [2.05, 4.69) is 17.5 Å². The zero-order valence-electron chi connectivity index (χ0n) is 13.5. The van der Waals surface area contributed by atoms with E-state index in [0.717, 1.165) is 33.8 Å². The maximum Gasteiger partial charge on any atom is 0.288 e. The number of nitrogens with zero attached hydrogens (tertiary/aromatic N) is 1. The lowest BCUT2D eigenvalue weighted by molar-refractivity contribution is -0.384. The van der Waals surface area contributed by atoms with Crippen LogP contribution in [0.5, 0.6) is 0 Å². The first kappa shape index (κ1) is 16.4. The molecule has 0 fully saturated rings. The molecule has 4 nitrogen and oxygen atoms in total. The Labute approximate surface area is 155 Å². The average molecular weight is 375 g/mol. The lowest BCUT2D eigenvalue weighted by Crippen LogP contribution is -2.29. The molecule has 3 atom stereocenters. The summed E-state index contributed by atoms with van der Waals surface area (Å²) in [5.41, 5.74) is 4.09. The third-order valence-electron chi connectivity index (χ3n) is 5.20. The van der Waals surface area contributed by atoms with Crippen LogP contribution in [-0.4, -0.2) is 4.92 Å². The summed E-state index contributed by atoms with van der Waals surface area (Å²) in [6.45, 7) is 2.04. The third kappa shape index (κ3) is 2.60. The fourth-order valence-electron chi connectivity index (χ4n) is 4.00. The van der Waals surface area contributed by atoms with Gasteiger partial charge in [-0.25, -0.2) is 0 Å². The molecule has 0 aromatic heterocycles. The maximum atomic E-state index is 11.3. The Hall–Kier alpha value is -2.04. The summed E-state index contributed by atoms with van der Waals surface area (Å²) >= 11 is 12.5. The molecule has 1 heterocycles. The quantitative estimate of drug-likeness (QED) is 0.396. The summed E-state index contributed by atoms with van der Waals surface area (Å²) in [6, 6.07) is 8.96. The number of nitrogens with one attached hydrogen (secondary N) is 1. The van der Waals surface area contributed by atoms with Gasteiger partial charge in [-0.2, -0.15) is 0 Å². The standard InChI is InChI=1S/C19H16Cl2N2O2/c1-10-5-7-15(21)17-12-3-2-4-13(12)19(22-18(10)17)11-6-8-14(20)16(9-11)23(24)25/h2-3,5-9,12-13,19,22H,4H2,1H3/t12-,13+,19-/m1/s1. The second-order valence-corrected chi connectivity index (χ2v) is 7.41. The fourth-order valence-corrected chi connectivity index (χ4v) is 4.47. The molecule has 25 heavy (non-hydrogen) atoms. The zero-order chi connectivity index (χ0) is 17.7. The molecule has 2 aromatic carbocycles. The summed E-state index contributed by atoms with van der Waals surface area (Å²) in [5, 5.41) is 15.8. The highest BCUT2D eigenvalue weighted by Crippen LogP contribution is 2.53. The second-order valence-electron chi connectivity index (χ2n) is 6.60. The summed E-state index contributed by atoms with van der Waals surface area (Å²) in [7, 11) is 0. The number of aryl methyl sites for hydroxylation is 1. The molecule has 128 valence electrons. The number of hydrogen-bond donors (Lipinski definition) is 1. The van der Waals surface area contributed by atoms with Crippen LogP contribution in [0.3, 0.4) is 0 Å². The van der Waals surface area contributed by atoms with Crippen molar-refractivity contribution in [1.82, 2.24) is 0 Å². The summed E-state index contributed by atoms with van der Waals surface area (Å²) in [6.07, 6.45) is 5.28. The first-order chi connectivity index (χ1) is 12.0. The zero-order valence-corrected chi connectivity index (χ0v) is 15.0. The van der Waals surface area contributed by atoms with Gasteiger partial charge in [-0.05, 0) is 42.5 Å². The van der Waals surface area contributed by atoms with Crippen molar-refractivity contribution in [3.63, 3.8) is 0 Å². The van der Waals surface area contributed by atoms with Gasteiger partial charge in [-0.15, -0.1) is 0 Å². The number of halogens is 2. The highest BCUT2D eigenvalue weighted by atomic mass is 35.5. The average Bonchev–Trinajstić information content (AvgIpc) is 3.07. The van der Waals surface area contributed by atoms with Crippen LogP contribution in [0, 0.1) is 23.0 Å². The van der Waals surface area contributed by atoms with Crippen LogP contribution in [0.2, 0.25) is 10.0 Å². The van der Waals surface area contributed by atoms with Crippen LogP contribution < -0.4 is 5.32 Å². The van der Waals surface area contributed by atoms with Crippen LogP contribution in [-0.2, 0) is 0 Å². The normalized spacial score (nSPS) is 23.7. The molecule has 0 spiro atoms. The summed E-state index contributed by atoms with van der Waals surface area (Å²) in [4.78, 5) is 10.8. The molecule has 0 saturated carbocycles. The predicted molar refractivity (Wildman–Crippen MR) is 101 cm³/mol. The second kappa shape index (κ2) is 6.04. The summed E-state index contributed by atoms with van der Waals surface area (Å²) in [5.74, 6) is 0.482. The SMILES string of the molecule is Cc1ccc(Cl)c2c1N[C@H](c1ccc(Cl)c([N+](=O)[O-])c1)[C@H]1CC=C[C@@H]21. The third-order valence-corrected chi connectivity index (χ3v) is 5.85. The van der Waals surface area contributed by atoms with Gasteiger partial charge in [0.25, 0.3) is 5.69 Å². The van der Waals surface area contributed by atoms with E-state index in [0.29, 0.717) is 0 Å². The molecule has 6 heteroatoms. The molecule has 0 bridgehead atoms. The van der Waals surface area contributed by atoms with Crippen molar-refractivity contribution < 1.29 is 4.92 Å². The molecule has 1 N–H and O–H groups in total. The Morgan fingerprint density at radius 2 is 1.96 bits per heavy atom. The number of hydrogen-bond acceptors (Lipinski definition) is 3. The van der Waals surface area contributed by atoms with Crippen molar-refractivity contribution in [2.24, 2.45) is 5.92 Å². The minimum atomic E-state index is -0.435. The number of benzene rings is 2. The monoisotopic (exact) mass is 374 g/mol. The van der Waals surface area contributed by atoms with E-state index in [1.165, 1.54) is 0 Å². The fraction of sp³-hybridized carbons (Fsp3) is 0.263. The molecule has 4 rings (SSSR count).